The summed E-state index contributed by atoms with van der Waals surface area (Å²) >= 11 is 0. The monoisotopic (exact) mass is 310 g/mol. The summed E-state index contributed by atoms with van der Waals surface area (Å²) < 4.78 is 29.0. The minimum Gasteiger partial charge on any atom is -0.395 e. The summed E-state index contributed by atoms with van der Waals surface area (Å²) in [6.45, 7) is 5.83. The Morgan fingerprint density at radius 1 is 1.33 bits per heavy atom. The minimum atomic E-state index is -3.79. The third-order valence-corrected chi connectivity index (χ3v) is 5.75. The smallest absolute Gasteiger partial charge is 0.297 e. The maximum absolute atomic E-state index is 12.2. The van der Waals surface area contributed by atoms with Crippen molar-refractivity contribution in [3.05, 3.63) is 41.5 Å². The van der Waals surface area contributed by atoms with E-state index in [4.69, 9.17) is 0 Å². The second-order valence-electron chi connectivity index (χ2n) is 5.81. The molecule has 0 aromatic heterocycles. The van der Waals surface area contributed by atoms with E-state index in [9.17, 15) is 13.5 Å². The van der Waals surface area contributed by atoms with Gasteiger partial charge in [-0.2, -0.15) is 8.42 Å². The van der Waals surface area contributed by atoms with Crippen LogP contribution in [0.25, 0.3) is 0 Å². The van der Waals surface area contributed by atoms with Gasteiger partial charge in [-0.3, -0.25) is 4.18 Å². The van der Waals surface area contributed by atoms with E-state index in [1.54, 1.807) is 12.1 Å². The molecule has 0 heterocycles. The fourth-order valence-corrected chi connectivity index (χ4v) is 3.92. The Morgan fingerprint density at radius 3 is 2.48 bits per heavy atom. The minimum absolute atomic E-state index is 0.0734. The molecule has 0 aliphatic heterocycles. The Bertz CT molecular complexity index is 636. The predicted molar refractivity (Wildman–Crippen MR) is 81.7 cm³/mol. The highest BCUT2D eigenvalue weighted by Gasteiger charge is 2.38. The Balaban J connectivity index is 2.61. The highest BCUT2D eigenvalue weighted by molar-refractivity contribution is 7.86. The van der Waals surface area contributed by atoms with E-state index in [2.05, 4.69) is 10.8 Å². The topological polar surface area (TPSA) is 63.6 Å². The molecule has 0 atom stereocenters. The lowest BCUT2D eigenvalue weighted by Crippen LogP contribution is -2.35. The van der Waals surface area contributed by atoms with Gasteiger partial charge in [0.25, 0.3) is 10.1 Å². The molecule has 1 aromatic rings. The van der Waals surface area contributed by atoms with E-state index in [0.29, 0.717) is 18.4 Å². The number of allylic oxidation sites excluding steroid dienone is 1. The second kappa shape index (κ2) is 5.91. The number of aliphatic hydroxyl groups excluding tert-OH is 1. The molecule has 0 bridgehead atoms. The van der Waals surface area contributed by atoms with Crippen LogP contribution < -0.4 is 0 Å². The van der Waals surface area contributed by atoms with Crippen molar-refractivity contribution < 1.29 is 17.7 Å². The first-order valence-corrected chi connectivity index (χ1v) is 8.45. The van der Waals surface area contributed by atoms with Crippen LogP contribution in [0, 0.1) is 6.92 Å². The van der Waals surface area contributed by atoms with Gasteiger partial charge in [0.2, 0.25) is 0 Å². The molecular weight excluding hydrogens is 288 g/mol. The summed E-state index contributed by atoms with van der Waals surface area (Å²) in [5, 5.41) is 9.97. The van der Waals surface area contributed by atoms with Crippen molar-refractivity contribution in [2.75, 3.05) is 13.7 Å². The summed E-state index contributed by atoms with van der Waals surface area (Å²) in [5.74, 6) is 0. The Morgan fingerprint density at radius 2 is 1.95 bits per heavy atom. The molecule has 0 unspecified atom stereocenters. The van der Waals surface area contributed by atoms with Crippen molar-refractivity contribution in [2.24, 2.45) is 0 Å². The molecule has 0 spiro atoms. The maximum atomic E-state index is 12.2. The number of benzene rings is 1. The van der Waals surface area contributed by atoms with E-state index >= 15 is 0 Å². The summed E-state index contributed by atoms with van der Waals surface area (Å²) in [5.41, 5.74) is 2.26. The van der Waals surface area contributed by atoms with Gasteiger partial charge >= 0.3 is 0 Å². The van der Waals surface area contributed by atoms with Crippen LogP contribution in [0.2, 0.25) is 0 Å². The fourth-order valence-electron chi connectivity index (χ4n) is 2.96. The number of aryl methyl sites for hydroxylation is 1. The Kier molecular flexibility index (Phi) is 4.56. The molecule has 0 saturated heterocycles. The Hall–Kier alpha value is -1.17. The Labute approximate surface area is 126 Å². The van der Waals surface area contributed by atoms with Crippen LogP contribution in [0.3, 0.4) is 0 Å². The van der Waals surface area contributed by atoms with Crippen molar-refractivity contribution >= 4 is 10.1 Å². The van der Waals surface area contributed by atoms with Crippen LogP contribution in [-0.4, -0.2) is 27.2 Å². The molecule has 2 rings (SSSR count). The first-order valence-electron chi connectivity index (χ1n) is 7.04. The molecule has 0 radical (unpaired) electrons. The first kappa shape index (κ1) is 16.2. The zero-order valence-electron chi connectivity index (χ0n) is 12.6. The molecule has 1 aliphatic rings. The summed E-state index contributed by atoms with van der Waals surface area (Å²) in [7, 11) is -2.63. The van der Waals surface area contributed by atoms with Gasteiger partial charge in [-0.25, -0.2) is 0 Å². The van der Waals surface area contributed by atoms with Crippen LogP contribution in [0.1, 0.15) is 36.8 Å². The molecular formula is C16H22O4S. The van der Waals surface area contributed by atoms with E-state index in [-0.39, 0.29) is 11.5 Å². The molecule has 0 amide bonds. The average Bonchev–Trinajstić information content (AvgIpc) is 2.48. The fraction of sp³-hybridized carbons (Fsp3) is 0.500. The van der Waals surface area contributed by atoms with Crippen molar-refractivity contribution in [2.45, 2.75) is 42.9 Å². The number of aliphatic hydroxyl groups is 1. The summed E-state index contributed by atoms with van der Waals surface area (Å²) in [6, 6.07) is 5.18. The van der Waals surface area contributed by atoms with E-state index in [1.807, 2.05) is 13.0 Å². The zero-order valence-corrected chi connectivity index (χ0v) is 13.4. The number of hydrogen-bond acceptors (Lipinski definition) is 4. The largest absolute Gasteiger partial charge is 0.395 e. The van der Waals surface area contributed by atoms with Crippen LogP contribution in [0.15, 0.2) is 35.2 Å². The normalized spacial score (nSPS) is 18.7. The van der Waals surface area contributed by atoms with Gasteiger partial charge in [0.1, 0.15) is 0 Å². The first-order chi connectivity index (χ1) is 9.84. The lowest BCUT2D eigenvalue weighted by molar-refractivity contribution is 0.161. The second-order valence-corrected chi connectivity index (χ2v) is 7.49. The third kappa shape index (κ3) is 3.05. The van der Waals surface area contributed by atoms with Crippen LogP contribution in [-0.2, 0) is 19.7 Å². The highest BCUT2D eigenvalue weighted by Crippen LogP contribution is 2.43. The van der Waals surface area contributed by atoms with E-state index < -0.39 is 15.5 Å². The molecule has 4 nitrogen and oxygen atoms in total. The van der Waals surface area contributed by atoms with Gasteiger partial charge in [0.05, 0.1) is 18.6 Å². The molecule has 1 aliphatic carbocycles. The van der Waals surface area contributed by atoms with Crippen molar-refractivity contribution in [1.29, 1.82) is 0 Å². The van der Waals surface area contributed by atoms with Gasteiger partial charge < -0.3 is 5.11 Å². The van der Waals surface area contributed by atoms with Gasteiger partial charge in [0.15, 0.2) is 0 Å². The van der Waals surface area contributed by atoms with Crippen molar-refractivity contribution in [3.63, 3.8) is 0 Å². The molecule has 1 N–H and O–H groups in total. The van der Waals surface area contributed by atoms with Crippen molar-refractivity contribution in [3.8, 4) is 0 Å². The van der Waals surface area contributed by atoms with E-state index in [0.717, 1.165) is 31.1 Å². The van der Waals surface area contributed by atoms with Gasteiger partial charge in [0, 0.05) is 5.41 Å². The van der Waals surface area contributed by atoms with Gasteiger partial charge in [-0.15, -0.1) is 0 Å². The lowest BCUT2D eigenvalue weighted by Gasteiger charge is -2.38. The van der Waals surface area contributed by atoms with Crippen LogP contribution in [0.4, 0.5) is 0 Å². The van der Waals surface area contributed by atoms with Crippen LogP contribution >= 0.6 is 0 Å². The molecule has 1 saturated carbocycles. The molecule has 1 fully saturated rings. The number of hydrogen-bond donors (Lipinski definition) is 1. The third-order valence-electron chi connectivity index (χ3n) is 4.41. The van der Waals surface area contributed by atoms with Crippen molar-refractivity contribution in [1.82, 2.24) is 0 Å². The van der Waals surface area contributed by atoms with E-state index in [1.165, 1.54) is 0 Å². The molecule has 116 valence electrons. The van der Waals surface area contributed by atoms with Gasteiger partial charge in [-0.05, 0) is 44.2 Å². The highest BCUT2D eigenvalue weighted by atomic mass is 32.2. The predicted octanol–water partition coefficient (Wildman–Crippen LogP) is 2.69. The average molecular weight is 310 g/mol. The summed E-state index contributed by atoms with van der Waals surface area (Å²) in [6.07, 6.45) is 3.03. The SMILES string of the molecule is C=C1CCC(CO)(c2cc(C)ccc2S(=O)(=O)OC)CC1. The lowest BCUT2D eigenvalue weighted by atomic mass is 9.68. The standard InChI is InChI=1S/C16H22O4S/c1-12-6-8-16(11-17,9-7-12)14-10-13(2)4-5-15(14)21(18,19)20-3/h4-5,10,17H,1,6-9,11H2,2-3H3. The van der Waals surface area contributed by atoms with Gasteiger partial charge in [-0.1, -0.05) is 29.8 Å². The zero-order chi connectivity index (χ0) is 15.7. The molecule has 1 aromatic carbocycles. The molecule has 5 heteroatoms. The molecule has 21 heavy (non-hydrogen) atoms. The number of rotatable bonds is 4. The quantitative estimate of drug-likeness (QED) is 0.686. The van der Waals surface area contributed by atoms with Crippen LogP contribution in [0.5, 0.6) is 0 Å². The maximum Gasteiger partial charge on any atom is 0.297 e. The summed E-state index contributed by atoms with van der Waals surface area (Å²) in [4.78, 5) is 0.164.